The fraction of sp³-hybridized carbons (Fsp3) is 0.353. The number of carboxylic acids is 1. The number of hydrogen-bond donors (Lipinski definition) is 2. The van der Waals surface area contributed by atoms with E-state index in [1.54, 1.807) is 0 Å². The molecule has 2 aliphatic heterocycles. The first-order valence-corrected chi connectivity index (χ1v) is 13.0. The van der Waals surface area contributed by atoms with Crippen LogP contribution in [0, 0.1) is 6.92 Å². The summed E-state index contributed by atoms with van der Waals surface area (Å²) in [6.45, 7) is 1.83. The number of thiazole rings is 1. The quantitative estimate of drug-likeness (QED) is 0.110. The molecule has 4 rings (SSSR count). The van der Waals surface area contributed by atoms with Gasteiger partial charge in [-0.3, -0.25) is 14.5 Å². The second-order valence-electron chi connectivity index (χ2n) is 6.67. The number of aliphatic carboxylic acids is 1. The van der Waals surface area contributed by atoms with E-state index in [9.17, 15) is 19.5 Å². The second kappa shape index (κ2) is 11.4. The zero-order chi connectivity index (χ0) is 23.7. The van der Waals surface area contributed by atoms with Crippen LogP contribution in [0.4, 0.5) is 5.13 Å². The molecule has 0 radical (unpaired) electrons. The molecule has 2 aromatic rings. The molecule has 0 saturated carbocycles. The molecular weight excluding hydrogens is 533 g/mol. The molecule has 2 aromatic heterocycles. The van der Waals surface area contributed by atoms with E-state index in [-0.39, 0.29) is 51.8 Å². The Balaban J connectivity index is 0.00000324. The van der Waals surface area contributed by atoms with Crippen LogP contribution in [0.3, 0.4) is 0 Å². The Kier molecular flexibility index (Phi) is 8.99. The number of β-lactam (4-membered cyclic amide) rings is 1. The van der Waals surface area contributed by atoms with E-state index in [2.05, 4.69) is 25.7 Å². The van der Waals surface area contributed by atoms with E-state index in [0.717, 1.165) is 21.2 Å². The number of anilines is 1. The minimum atomic E-state index is -1.44. The molecule has 2 atom stereocenters. The van der Waals surface area contributed by atoms with E-state index >= 15 is 0 Å². The third kappa shape index (κ3) is 5.42. The standard InChI is InChI=1S/C17H17N7O5S4.Na/c1-6-21-22-17(33-6)32-4-7-3-30-14-10(13(26)24(14)11(7)15(27)28)20-12(25)9(23-29-2)8-5-31-16(18)19-8;/h5,10,14H,3-4H2,1-2H3,(H2,18,19)(H,20,25)(H,27,28);/q;+1/p-1/t10?,14-;/m0./s1. The van der Waals surface area contributed by atoms with Gasteiger partial charge >= 0.3 is 29.6 Å². The topological polar surface area (TPSA) is 176 Å². The molecule has 4 heterocycles. The van der Waals surface area contributed by atoms with Crippen molar-refractivity contribution < 1.29 is 53.9 Å². The molecule has 1 unspecified atom stereocenters. The predicted octanol–water partition coefficient (Wildman–Crippen LogP) is -3.56. The average molecular weight is 550 g/mol. The smallest absolute Gasteiger partial charge is 0.543 e. The van der Waals surface area contributed by atoms with E-state index < -0.39 is 29.2 Å². The molecule has 0 spiro atoms. The van der Waals surface area contributed by atoms with Crippen LogP contribution >= 0.6 is 46.2 Å². The van der Waals surface area contributed by atoms with Gasteiger partial charge < -0.3 is 25.8 Å². The van der Waals surface area contributed by atoms with Crippen molar-refractivity contribution in [1.82, 2.24) is 25.4 Å². The molecule has 12 nitrogen and oxygen atoms in total. The van der Waals surface area contributed by atoms with Crippen LogP contribution in [-0.2, 0) is 19.2 Å². The van der Waals surface area contributed by atoms with Gasteiger partial charge in [0.05, 0.1) is 11.7 Å². The Morgan fingerprint density at radius 1 is 1.44 bits per heavy atom. The van der Waals surface area contributed by atoms with Gasteiger partial charge in [-0.25, -0.2) is 4.98 Å². The minimum Gasteiger partial charge on any atom is -0.543 e. The molecule has 0 aliphatic carbocycles. The Bertz CT molecular complexity index is 1180. The van der Waals surface area contributed by atoms with Gasteiger partial charge in [-0.05, 0) is 12.5 Å². The number of carbonyl (C=O) groups excluding carboxylic acids is 3. The van der Waals surface area contributed by atoms with Crippen molar-refractivity contribution in [3.05, 3.63) is 27.4 Å². The molecule has 0 bridgehead atoms. The third-order valence-electron chi connectivity index (χ3n) is 4.57. The Labute approximate surface area is 232 Å². The maximum absolute atomic E-state index is 12.8. The maximum Gasteiger partial charge on any atom is 1.00 e. The fourth-order valence-corrected chi connectivity index (χ4v) is 7.02. The Morgan fingerprint density at radius 2 is 2.21 bits per heavy atom. The summed E-state index contributed by atoms with van der Waals surface area (Å²) >= 11 is 5.23. The van der Waals surface area contributed by atoms with Crippen molar-refractivity contribution in [3.63, 3.8) is 0 Å². The number of fused-ring (bicyclic) bond motifs is 1. The van der Waals surface area contributed by atoms with Crippen LogP contribution in [0.1, 0.15) is 10.7 Å². The van der Waals surface area contributed by atoms with Crippen LogP contribution in [0.15, 0.2) is 26.1 Å². The monoisotopic (exact) mass is 549 g/mol. The summed E-state index contributed by atoms with van der Waals surface area (Å²) in [6.07, 6.45) is 0. The molecule has 174 valence electrons. The largest absolute Gasteiger partial charge is 1.00 e. The van der Waals surface area contributed by atoms with Gasteiger partial charge in [-0.15, -0.1) is 33.3 Å². The predicted molar refractivity (Wildman–Crippen MR) is 122 cm³/mol. The van der Waals surface area contributed by atoms with Gasteiger partial charge in [0.25, 0.3) is 11.8 Å². The Hall–Kier alpha value is -1.69. The van der Waals surface area contributed by atoms with E-state index in [1.165, 1.54) is 47.4 Å². The number of nitrogens with two attached hydrogens (primary N) is 1. The van der Waals surface area contributed by atoms with Gasteiger partial charge in [0.1, 0.15) is 29.2 Å². The van der Waals surface area contributed by atoms with Crippen molar-refractivity contribution in [2.24, 2.45) is 5.16 Å². The Morgan fingerprint density at radius 3 is 2.79 bits per heavy atom. The van der Waals surface area contributed by atoms with E-state index in [4.69, 9.17) is 10.6 Å². The molecule has 17 heteroatoms. The maximum atomic E-state index is 12.8. The second-order valence-corrected chi connectivity index (χ2v) is 11.1. The summed E-state index contributed by atoms with van der Waals surface area (Å²) in [6, 6.07) is -0.935. The molecule has 34 heavy (non-hydrogen) atoms. The zero-order valence-corrected chi connectivity index (χ0v) is 23.4. The van der Waals surface area contributed by atoms with Gasteiger partial charge in [0, 0.05) is 16.9 Å². The van der Waals surface area contributed by atoms with E-state index in [1.807, 2.05) is 6.92 Å². The first kappa shape index (κ1) is 26.9. The number of aryl methyl sites for hydroxylation is 1. The van der Waals surface area contributed by atoms with Gasteiger partial charge in [0.15, 0.2) is 15.2 Å². The number of rotatable bonds is 8. The first-order chi connectivity index (χ1) is 15.8. The van der Waals surface area contributed by atoms with Crippen LogP contribution in [0.5, 0.6) is 0 Å². The number of oxime groups is 1. The number of aromatic nitrogens is 3. The molecule has 1 saturated heterocycles. The number of nitrogens with zero attached hydrogens (tertiary/aromatic N) is 5. The third-order valence-corrected chi connectivity index (χ3v) is 8.64. The molecular formula is C17H16N7NaO5S4. The van der Waals surface area contributed by atoms with Crippen LogP contribution in [0.25, 0.3) is 0 Å². The number of nitrogens with one attached hydrogen (secondary N) is 1. The fourth-order valence-electron chi connectivity index (χ4n) is 3.17. The van der Waals surface area contributed by atoms with Crippen molar-refractivity contribution >= 4 is 74.8 Å². The summed E-state index contributed by atoms with van der Waals surface area (Å²) in [7, 11) is 1.27. The molecule has 3 N–H and O–H groups in total. The van der Waals surface area contributed by atoms with E-state index in [0.29, 0.717) is 21.4 Å². The molecule has 2 aliphatic rings. The molecule has 0 aromatic carbocycles. The number of hydrogen-bond acceptors (Lipinski definition) is 14. The first-order valence-electron chi connectivity index (χ1n) is 9.24. The van der Waals surface area contributed by atoms with Gasteiger partial charge in [-0.2, -0.15) is 0 Å². The SMILES string of the molecule is CON=C(C(=O)NC1C(=O)N2C(C(=O)[O-])=C(CSc3nnc(C)s3)CS[C@@H]12)c1csc(N)n1.[Na+]. The summed E-state index contributed by atoms with van der Waals surface area (Å²) in [5, 5.41) is 28.1. The van der Waals surface area contributed by atoms with Gasteiger partial charge in [-0.1, -0.05) is 28.3 Å². The van der Waals surface area contributed by atoms with Crippen molar-refractivity contribution in [1.29, 1.82) is 0 Å². The van der Waals surface area contributed by atoms with Crippen molar-refractivity contribution in [2.75, 3.05) is 24.3 Å². The van der Waals surface area contributed by atoms with Gasteiger partial charge in [0.2, 0.25) is 0 Å². The van der Waals surface area contributed by atoms with Crippen LogP contribution in [-0.4, -0.2) is 73.6 Å². The number of thioether (sulfide) groups is 2. The van der Waals surface area contributed by atoms with Crippen molar-refractivity contribution in [2.45, 2.75) is 22.7 Å². The molecule has 2 amide bonds. The van der Waals surface area contributed by atoms with Crippen molar-refractivity contribution in [3.8, 4) is 0 Å². The number of carbonyl (C=O) groups is 3. The van der Waals surface area contributed by atoms with Crippen LogP contribution in [0.2, 0.25) is 0 Å². The average Bonchev–Trinajstić information content (AvgIpc) is 3.40. The van der Waals surface area contributed by atoms with Crippen LogP contribution < -0.4 is 45.7 Å². The number of nitrogen functional groups attached to an aromatic ring is 1. The summed E-state index contributed by atoms with van der Waals surface area (Å²) in [4.78, 5) is 47.4. The minimum absolute atomic E-state index is 0. The zero-order valence-electron chi connectivity index (χ0n) is 18.1. The normalized spacial score (nSPS) is 19.8. The molecule has 1 fully saturated rings. The number of carboxylic acid groups (broad SMARTS) is 1. The summed E-state index contributed by atoms with van der Waals surface area (Å²) < 4.78 is 0.706. The summed E-state index contributed by atoms with van der Waals surface area (Å²) in [5.41, 5.74) is 6.07. The summed E-state index contributed by atoms with van der Waals surface area (Å²) in [5.74, 6) is -2.00. The number of amides is 2.